The molecule has 0 aliphatic carbocycles. The highest BCUT2D eigenvalue weighted by Gasteiger charge is 2.13. The van der Waals surface area contributed by atoms with Gasteiger partial charge in [0.15, 0.2) is 6.61 Å². The first kappa shape index (κ1) is 19.7. The van der Waals surface area contributed by atoms with E-state index in [9.17, 15) is 14.4 Å². The number of esters is 1. The van der Waals surface area contributed by atoms with E-state index in [0.717, 1.165) is 12.8 Å². The van der Waals surface area contributed by atoms with Crippen molar-refractivity contribution in [3.8, 4) is 0 Å². The van der Waals surface area contributed by atoms with Crippen LogP contribution in [0, 0.1) is 5.92 Å². The molecule has 2 amide bonds. The molecule has 0 heterocycles. The van der Waals surface area contributed by atoms with Gasteiger partial charge in [-0.3, -0.25) is 9.59 Å². The first-order valence-corrected chi connectivity index (χ1v) is 8.12. The van der Waals surface area contributed by atoms with Crippen molar-refractivity contribution >= 4 is 23.5 Å². The maximum absolute atomic E-state index is 12.0. The third kappa shape index (κ3) is 7.76. The maximum Gasteiger partial charge on any atom is 0.338 e. The number of nitrogens with one attached hydrogen (secondary N) is 2. The highest BCUT2D eigenvalue weighted by molar-refractivity contribution is 5.94. The van der Waals surface area contributed by atoms with Crippen molar-refractivity contribution in [3.05, 3.63) is 29.8 Å². The van der Waals surface area contributed by atoms with Gasteiger partial charge in [-0.05, 0) is 43.9 Å². The number of carbonyl (C=O) groups excluding carboxylic acids is 3. The van der Waals surface area contributed by atoms with Crippen molar-refractivity contribution in [2.45, 2.75) is 46.6 Å². The summed E-state index contributed by atoms with van der Waals surface area (Å²) in [5, 5.41) is 5.39. The molecule has 0 saturated heterocycles. The lowest BCUT2D eigenvalue weighted by atomic mass is 10.0. The van der Waals surface area contributed by atoms with Gasteiger partial charge in [0.2, 0.25) is 5.91 Å². The zero-order chi connectivity index (χ0) is 18.1. The number of rotatable bonds is 8. The molecule has 0 spiro atoms. The molecule has 132 valence electrons. The predicted octanol–water partition coefficient (Wildman–Crippen LogP) is 2.74. The summed E-state index contributed by atoms with van der Waals surface area (Å²) in [7, 11) is 0. The summed E-state index contributed by atoms with van der Waals surface area (Å²) in [5.74, 6) is -0.571. The fourth-order valence-corrected chi connectivity index (χ4v) is 2.11. The van der Waals surface area contributed by atoms with Crippen molar-refractivity contribution in [1.82, 2.24) is 5.32 Å². The third-order valence-corrected chi connectivity index (χ3v) is 3.34. The minimum atomic E-state index is -0.604. The zero-order valence-corrected chi connectivity index (χ0v) is 14.7. The van der Waals surface area contributed by atoms with Gasteiger partial charge in [0, 0.05) is 18.7 Å². The van der Waals surface area contributed by atoms with Crippen molar-refractivity contribution in [2.24, 2.45) is 5.92 Å². The zero-order valence-electron chi connectivity index (χ0n) is 14.7. The molecular formula is C18H26N2O4. The van der Waals surface area contributed by atoms with E-state index in [1.54, 1.807) is 18.2 Å². The molecule has 6 nitrogen and oxygen atoms in total. The Hall–Kier alpha value is -2.37. The second kappa shape index (κ2) is 9.70. The number of hydrogen-bond acceptors (Lipinski definition) is 4. The molecule has 2 N–H and O–H groups in total. The molecule has 0 bridgehead atoms. The van der Waals surface area contributed by atoms with Crippen LogP contribution in [0.15, 0.2) is 24.3 Å². The quantitative estimate of drug-likeness (QED) is 0.716. The fourth-order valence-electron chi connectivity index (χ4n) is 2.11. The Morgan fingerprint density at radius 3 is 2.46 bits per heavy atom. The van der Waals surface area contributed by atoms with Crippen LogP contribution in [0.2, 0.25) is 0 Å². The molecule has 1 rings (SSSR count). The van der Waals surface area contributed by atoms with Crippen LogP contribution in [-0.2, 0) is 14.3 Å². The first-order valence-electron chi connectivity index (χ1n) is 8.12. The average Bonchev–Trinajstić information content (AvgIpc) is 2.50. The minimum absolute atomic E-state index is 0.0432. The summed E-state index contributed by atoms with van der Waals surface area (Å²) in [6.07, 6.45) is 1.91. The Bertz CT molecular complexity index is 584. The topological polar surface area (TPSA) is 84.5 Å². The summed E-state index contributed by atoms with van der Waals surface area (Å²) >= 11 is 0. The van der Waals surface area contributed by atoms with Crippen molar-refractivity contribution in [1.29, 1.82) is 0 Å². The van der Waals surface area contributed by atoms with Gasteiger partial charge in [-0.15, -0.1) is 0 Å². The molecular weight excluding hydrogens is 308 g/mol. The summed E-state index contributed by atoms with van der Waals surface area (Å²) < 4.78 is 5.01. The van der Waals surface area contributed by atoms with Crippen LogP contribution >= 0.6 is 0 Å². The molecule has 0 unspecified atom stereocenters. The van der Waals surface area contributed by atoms with Crippen LogP contribution in [0.25, 0.3) is 0 Å². The lowest BCUT2D eigenvalue weighted by Crippen LogP contribution is -2.36. The molecule has 1 aromatic rings. The lowest BCUT2D eigenvalue weighted by molar-refractivity contribution is -0.124. The molecule has 0 radical (unpaired) electrons. The van der Waals surface area contributed by atoms with Gasteiger partial charge >= 0.3 is 5.97 Å². The average molecular weight is 334 g/mol. The van der Waals surface area contributed by atoms with E-state index in [1.165, 1.54) is 13.0 Å². The monoisotopic (exact) mass is 334 g/mol. The number of anilines is 1. The number of benzene rings is 1. The van der Waals surface area contributed by atoms with Crippen molar-refractivity contribution in [3.63, 3.8) is 0 Å². The van der Waals surface area contributed by atoms with Gasteiger partial charge in [-0.25, -0.2) is 4.79 Å². The minimum Gasteiger partial charge on any atom is -0.452 e. The molecule has 0 aromatic heterocycles. The Labute approximate surface area is 143 Å². The van der Waals surface area contributed by atoms with Crippen LogP contribution in [0.3, 0.4) is 0 Å². The lowest BCUT2D eigenvalue weighted by Gasteiger charge is -2.15. The van der Waals surface area contributed by atoms with Gasteiger partial charge in [-0.2, -0.15) is 0 Å². The Kier molecular flexibility index (Phi) is 7.95. The SMILES string of the molecule is CC(=O)Nc1cccc(C(=O)OCC(=O)N[C@@H](C)CCC(C)C)c1. The summed E-state index contributed by atoms with van der Waals surface area (Å²) in [4.78, 5) is 34.8. The standard InChI is InChI=1S/C18H26N2O4/c1-12(2)8-9-13(3)19-17(22)11-24-18(23)15-6-5-7-16(10-15)20-14(4)21/h5-7,10,12-13H,8-9,11H2,1-4H3,(H,19,22)(H,20,21)/t13-/m0/s1. The van der Waals surface area contributed by atoms with E-state index in [-0.39, 0.29) is 30.0 Å². The molecule has 0 saturated carbocycles. The molecule has 0 aliphatic heterocycles. The molecule has 0 aliphatic rings. The predicted molar refractivity (Wildman–Crippen MR) is 92.7 cm³/mol. The Morgan fingerprint density at radius 1 is 1.12 bits per heavy atom. The maximum atomic E-state index is 12.0. The summed E-state index contributed by atoms with van der Waals surface area (Å²) in [6.45, 7) is 7.25. The highest BCUT2D eigenvalue weighted by atomic mass is 16.5. The van der Waals surface area contributed by atoms with E-state index < -0.39 is 5.97 Å². The van der Waals surface area contributed by atoms with E-state index in [2.05, 4.69) is 24.5 Å². The molecule has 1 atom stereocenters. The second-order valence-corrected chi connectivity index (χ2v) is 6.28. The molecule has 24 heavy (non-hydrogen) atoms. The Balaban J connectivity index is 2.45. The largest absolute Gasteiger partial charge is 0.452 e. The van der Waals surface area contributed by atoms with Crippen LogP contribution in [0.5, 0.6) is 0 Å². The van der Waals surface area contributed by atoms with Gasteiger partial charge < -0.3 is 15.4 Å². The highest BCUT2D eigenvalue weighted by Crippen LogP contribution is 2.11. The van der Waals surface area contributed by atoms with Crippen molar-refractivity contribution in [2.75, 3.05) is 11.9 Å². The van der Waals surface area contributed by atoms with Crippen LogP contribution < -0.4 is 10.6 Å². The van der Waals surface area contributed by atoms with Gasteiger partial charge in [-0.1, -0.05) is 19.9 Å². The Morgan fingerprint density at radius 2 is 1.83 bits per heavy atom. The normalized spacial score (nSPS) is 11.7. The van der Waals surface area contributed by atoms with E-state index in [1.807, 2.05) is 6.92 Å². The third-order valence-electron chi connectivity index (χ3n) is 3.34. The second-order valence-electron chi connectivity index (χ2n) is 6.28. The first-order chi connectivity index (χ1) is 11.3. The molecule has 6 heteroatoms. The van der Waals surface area contributed by atoms with Crippen LogP contribution in [0.4, 0.5) is 5.69 Å². The van der Waals surface area contributed by atoms with E-state index in [0.29, 0.717) is 11.6 Å². The molecule has 0 fully saturated rings. The van der Waals surface area contributed by atoms with Crippen molar-refractivity contribution < 1.29 is 19.1 Å². The fraction of sp³-hybridized carbons (Fsp3) is 0.500. The van der Waals surface area contributed by atoms with Gasteiger partial charge in [0.25, 0.3) is 5.91 Å². The van der Waals surface area contributed by atoms with E-state index >= 15 is 0 Å². The number of hydrogen-bond donors (Lipinski definition) is 2. The summed E-state index contributed by atoms with van der Waals surface area (Å²) in [5.41, 5.74) is 0.783. The van der Waals surface area contributed by atoms with Gasteiger partial charge in [0.05, 0.1) is 5.56 Å². The van der Waals surface area contributed by atoms with Crippen LogP contribution in [-0.4, -0.2) is 30.4 Å². The number of amides is 2. The molecule has 1 aromatic carbocycles. The number of carbonyl (C=O) groups is 3. The van der Waals surface area contributed by atoms with E-state index in [4.69, 9.17) is 4.74 Å². The van der Waals surface area contributed by atoms with Gasteiger partial charge in [0.1, 0.15) is 0 Å². The smallest absolute Gasteiger partial charge is 0.338 e. The number of ether oxygens (including phenoxy) is 1. The summed E-state index contributed by atoms with van der Waals surface area (Å²) in [6, 6.07) is 6.42. The van der Waals surface area contributed by atoms with Crippen LogP contribution in [0.1, 0.15) is 50.9 Å².